The molecule has 0 aliphatic rings. The predicted octanol–water partition coefficient (Wildman–Crippen LogP) is 5.22. The number of unbranched alkanes of at least 4 members (excludes halogenated alkanes) is 6. The summed E-state index contributed by atoms with van der Waals surface area (Å²) in [5.41, 5.74) is 0. The van der Waals surface area contributed by atoms with E-state index in [1.54, 1.807) is 18.5 Å². The Morgan fingerprint density at radius 2 is 1.43 bits per heavy atom. The van der Waals surface area contributed by atoms with E-state index in [1.807, 2.05) is 0 Å². The fourth-order valence-electron chi connectivity index (χ4n) is 2.65. The molecule has 3 nitrogen and oxygen atoms in total. The number of carbonyl (C=O) groups is 1. The normalized spacial score (nSPS) is 12.3. The molecule has 3 heteroatoms. The van der Waals surface area contributed by atoms with Crippen molar-refractivity contribution in [2.45, 2.75) is 78.1 Å². The van der Waals surface area contributed by atoms with E-state index in [0.717, 1.165) is 25.7 Å². The average Bonchev–Trinajstić information content (AvgIpc) is 2.53. The molecule has 0 N–H and O–H groups in total. The van der Waals surface area contributed by atoms with Gasteiger partial charge >= 0.3 is 0 Å². The molecule has 1 aromatic rings. The van der Waals surface area contributed by atoms with Crippen molar-refractivity contribution in [1.29, 1.82) is 0 Å². The van der Waals surface area contributed by atoms with E-state index in [-0.39, 0.29) is 11.7 Å². The summed E-state index contributed by atoms with van der Waals surface area (Å²) in [5, 5.41) is 0. The van der Waals surface area contributed by atoms with E-state index in [2.05, 4.69) is 23.8 Å². The molecule has 0 radical (unpaired) electrons. The molecule has 1 aromatic heterocycles. The summed E-state index contributed by atoms with van der Waals surface area (Å²) < 4.78 is 0. The summed E-state index contributed by atoms with van der Waals surface area (Å²) in [6, 6.07) is 1.76. The molecule has 1 heterocycles. The van der Waals surface area contributed by atoms with Crippen molar-refractivity contribution in [2.24, 2.45) is 5.92 Å². The van der Waals surface area contributed by atoms with Gasteiger partial charge in [0.05, 0.1) is 0 Å². The van der Waals surface area contributed by atoms with Gasteiger partial charge in [0.15, 0.2) is 5.82 Å². The zero-order chi connectivity index (χ0) is 15.3. The van der Waals surface area contributed by atoms with Crippen LogP contribution in [0.1, 0.15) is 88.7 Å². The summed E-state index contributed by atoms with van der Waals surface area (Å²) in [4.78, 5) is 20.8. The Morgan fingerprint density at radius 3 is 2.05 bits per heavy atom. The van der Waals surface area contributed by atoms with Crippen LogP contribution in [0.15, 0.2) is 18.5 Å². The van der Waals surface area contributed by atoms with Crippen LogP contribution < -0.4 is 0 Å². The van der Waals surface area contributed by atoms with E-state index < -0.39 is 0 Å². The van der Waals surface area contributed by atoms with E-state index in [0.29, 0.717) is 5.82 Å². The Bertz CT molecular complexity index is 378. The number of hydrogen-bond donors (Lipinski definition) is 0. The van der Waals surface area contributed by atoms with Gasteiger partial charge < -0.3 is 0 Å². The largest absolute Gasteiger partial charge is 0.290 e. The SMILES string of the molecule is CCCCCCCC(CCCCC)C(=O)c1ncccn1. The zero-order valence-corrected chi connectivity index (χ0v) is 13.7. The average molecular weight is 290 g/mol. The minimum atomic E-state index is 0.112. The van der Waals surface area contributed by atoms with Crippen LogP contribution in [-0.4, -0.2) is 15.8 Å². The highest BCUT2D eigenvalue weighted by atomic mass is 16.1. The van der Waals surface area contributed by atoms with E-state index in [4.69, 9.17) is 0 Å². The van der Waals surface area contributed by atoms with Gasteiger partial charge in [0.1, 0.15) is 0 Å². The van der Waals surface area contributed by atoms with Gasteiger partial charge in [-0.3, -0.25) is 4.79 Å². The second kappa shape index (κ2) is 11.4. The van der Waals surface area contributed by atoms with Crippen LogP contribution in [0.5, 0.6) is 0 Å². The Labute approximate surface area is 129 Å². The molecule has 0 saturated heterocycles. The summed E-state index contributed by atoms with van der Waals surface area (Å²) in [7, 11) is 0. The van der Waals surface area contributed by atoms with Gasteiger partial charge in [0.2, 0.25) is 5.78 Å². The summed E-state index contributed by atoms with van der Waals surface area (Å²) in [6.45, 7) is 4.42. The number of nitrogens with zero attached hydrogens (tertiary/aromatic N) is 2. The molecule has 0 aromatic carbocycles. The molecule has 0 fully saturated rings. The van der Waals surface area contributed by atoms with Crippen molar-refractivity contribution in [3.63, 3.8) is 0 Å². The highest BCUT2D eigenvalue weighted by molar-refractivity contribution is 5.94. The van der Waals surface area contributed by atoms with Crippen molar-refractivity contribution in [3.8, 4) is 0 Å². The lowest BCUT2D eigenvalue weighted by atomic mass is 9.90. The Hall–Kier alpha value is -1.25. The molecule has 0 amide bonds. The molecule has 0 spiro atoms. The van der Waals surface area contributed by atoms with Crippen LogP contribution in [0.4, 0.5) is 0 Å². The fourth-order valence-corrected chi connectivity index (χ4v) is 2.65. The maximum absolute atomic E-state index is 12.5. The molecule has 1 rings (SSSR count). The number of hydrogen-bond acceptors (Lipinski definition) is 3. The smallest absolute Gasteiger partial charge is 0.203 e. The molecule has 0 bridgehead atoms. The second-order valence-electron chi connectivity index (χ2n) is 5.83. The van der Waals surface area contributed by atoms with Gasteiger partial charge in [-0.05, 0) is 18.9 Å². The quantitative estimate of drug-likeness (QED) is 0.391. The Morgan fingerprint density at radius 1 is 0.905 bits per heavy atom. The van der Waals surface area contributed by atoms with Crippen LogP contribution in [0, 0.1) is 5.92 Å². The molecular formula is C18H30N2O. The first-order chi connectivity index (χ1) is 10.3. The third-order valence-electron chi connectivity index (χ3n) is 3.97. The van der Waals surface area contributed by atoms with Gasteiger partial charge in [-0.15, -0.1) is 0 Å². The highest BCUT2D eigenvalue weighted by Crippen LogP contribution is 2.21. The van der Waals surface area contributed by atoms with Gasteiger partial charge in [-0.1, -0.05) is 65.2 Å². The molecule has 1 atom stereocenters. The van der Waals surface area contributed by atoms with E-state index in [1.165, 1.54) is 38.5 Å². The molecule has 0 aliphatic heterocycles. The monoisotopic (exact) mass is 290 g/mol. The van der Waals surface area contributed by atoms with Crippen molar-refractivity contribution in [2.75, 3.05) is 0 Å². The van der Waals surface area contributed by atoms with Gasteiger partial charge in [-0.2, -0.15) is 0 Å². The highest BCUT2D eigenvalue weighted by Gasteiger charge is 2.21. The van der Waals surface area contributed by atoms with E-state index >= 15 is 0 Å². The van der Waals surface area contributed by atoms with Gasteiger partial charge in [0, 0.05) is 18.3 Å². The number of ketones is 1. The first kappa shape index (κ1) is 17.8. The maximum Gasteiger partial charge on any atom is 0.203 e. The molecular weight excluding hydrogens is 260 g/mol. The Kier molecular flexibility index (Phi) is 9.68. The number of carbonyl (C=O) groups excluding carboxylic acids is 1. The first-order valence-corrected chi connectivity index (χ1v) is 8.60. The van der Waals surface area contributed by atoms with Gasteiger partial charge in [0.25, 0.3) is 0 Å². The van der Waals surface area contributed by atoms with Crippen LogP contribution in [0.2, 0.25) is 0 Å². The molecule has 21 heavy (non-hydrogen) atoms. The van der Waals surface area contributed by atoms with Crippen molar-refractivity contribution < 1.29 is 4.79 Å². The third-order valence-corrected chi connectivity index (χ3v) is 3.97. The van der Waals surface area contributed by atoms with Crippen LogP contribution in [0.25, 0.3) is 0 Å². The number of aromatic nitrogens is 2. The fraction of sp³-hybridized carbons (Fsp3) is 0.722. The van der Waals surface area contributed by atoms with Crippen LogP contribution in [0.3, 0.4) is 0 Å². The predicted molar refractivity (Wildman–Crippen MR) is 87.4 cm³/mol. The van der Waals surface area contributed by atoms with Crippen LogP contribution in [-0.2, 0) is 0 Å². The standard InChI is InChI=1S/C18H30N2O/c1-3-5-7-8-10-13-16(12-9-6-4-2)17(21)18-19-14-11-15-20-18/h11,14-16H,3-10,12-13H2,1-2H3. The lowest BCUT2D eigenvalue weighted by Gasteiger charge is -2.14. The number of Topliss-reactive ketones (excluding diaryl/α,β-unsaturated/α-hetero) is 1. The zero-order valence-electron chi connectivity index (χ0n) is 13.7. The van der Waals surface area contributed by atoms with Crippen molar-refractivity contribution in [3.05, 3.63) is 24.3 Å². The van der Waals surface area contributed by atoms with Crippen LogP contribution >= 0.6 is 0 Å². The van der Waals surface area contributed by atoms with Crippen molar-refractivity contribution in [1.82, 2.24) is 9.97 Å². The molecule has 1 unspecified atom stereocenters. The number of rotatable bonds is 12. The maximum atomic E-state index is 12.5. The molecule has 0 saturated carbocycles. The van der Waals surface area contributed by atoms with Crippen molar-refractivity contribution >= 4 is 5.78 Å². The topological polar surface area (TPSA) is 42.9 Å². The minimum Gasteiger partial charge on any atom is -0.290 e. The van der Waals surface area contributed by atoms with Gasteiger partial charge in [-0.25, -0.2) is 9.97 Å². The summed E-state index contributed by atoms with van der Waals surface area (Å²) in [5.74, 6) is 0.648. The first-order valence-electron chi connectivity index (χ1n) is 8.60. The lowest BCUT2D eigenvalue weighted by Crippen LogP contribution is -2.17. The second-order valence-corrected chi connectivity index (χ2v) is 5.83. The molecule has 118 valence electrons. The minimum absolute atomic E-state index is 0.112. The third kappa shape index (κ3) is 7.35. The lowest BCUT2D eigenvalue weighted by molar-refractivity contribution is 0.0891. The Balaban J connectivity index is 2.48. The summed E-state index contributed by atoms with van der Waals surface area (Å²) >= 11 is 0. The molecule has 0 aliphatic carbocycles. The summed E-state index contributed by atoms with van der Waals surface area (Å²) in [6.07, 6.45) is 15.1. The van der Waals surface area contributed by atoms with E-state index in [9.17, 15) is 4.79 Å².